The lowest BCUT2D eigenvalue weighted by molar-refractivity contribution is -0.148. The fourth-order valence-electron chi connectivity index (χ4n) is 2.20. The van der Waals surface area contributed by atoms with Crippen LogP contribution in [0.5, 0.6) is 0 Å². The summed E-state index contributed by atoms with van der Waals surface area (Å²) in [7, 11) is 0. The summed E-state index contributed by atoms with van der Waals surface area (Å²) < 4.78 is 4.95. The summed E-state index contributed by atoms with van der Waals surface area (Å²) in [6.45, 7) is 1.67. The Bertz CT molecular complexity index is 761. The van der Waals surface area contributed by atoms with Crippen molar-refractivity contribution in [1.29, 1.82) is 0 Å². The van der Waals surface area contributed by atoms with Crippen LogP contribution in [0.4, 0.5) is 5.69 Å². The molecule has 0 saturated heterocycles. The molecule has 1 aromatic heterocycles. The average molecular weight is 289 g/mol. The van der Waals surface area contributed by atoms with Crippen molar-refractivity contribution >= 4 is 28.6 Å². The Morgan fingerprint density at radius 3 is 2.76 bits per heavy atom. The van der Waals surface area contributed by atoms with Gasteiger partial charge in [0.2, 0.25) is 0 Å². The molecule has 1 heterocycles. The molecule has 1 aliphatic rings. The quantitative estimate of drug-likeness (QED) is 0.730. The molecular weight excluding hydrogens is 274 g/mol. The number of imidazole rings is 1. The van der Waals surface area contributed by atoms with Gasteiger partial charge in [-0.15, -0.1) is 0 Å². The average Bonchev–Trinajstić information content (AvgIpc) is 3.04. The lowest BCUT2D eigenvalue weighted by atomic mass is 10.3. The number of hydrogen-bond acceptors (Lipinski definition) is 4. The molecule has 0 unspecified atom stereocenters. The molecule has 0 bridgehead atoms. The number of aromatic nitrogens is 2. The van der Waals surface area contributed by atoms with E-state index in [9.17, 15) is 14.4 Å². The van der Waals surface area contributed by atoms with Crippen LogP contribution in [0.25, 0.3) is 11.0 Å². The lowest BCUT2D eigenvalue weighted by Crippen LogP contribution is -2.21. The molecule has 2 aromatic rings. The van der Waals surface area contributed by atoms with E-state index in [4.69, 9.17) is 4.74 Å². The van der Waals surface area contributed by atoms with Gasteiger partial charge in [-0.05, 0) is 30.5 Å². The topological polar surface area (TPSA) is 104 Å². The van der Waals surface area contributed by atoms with Gasteiger partial charge in [0, 0.05) is 5.69 Å². The van der Waals surface area contributed by atoms with Crippen molar-refractivity contribution in [3.8, 4) is 0 Å². The first-order valence-corrected chi connectivity index (χ1v) is 6.71. The summed E-state index contributed by atoms with van der Waals surface area (Å²) >= 11 is 0. The number of fused-ring (bicyclic) bond motifs is 1. The minimum Gasteiger partial charge on any atom is -0.455 e. The number of carbonyl (C=O) groups is 2. The van der Waals surface area contributed by atoms with Gasteiger partial charge in [0.05, 0.1) is 17.0 Å². The fraction of sp³-hybridized carbons (Fsp3) is 0.357. The largest absolute Gasteiger partial charge is 0.455 e. The highest BCUT2D eigenvalue weighted by molar-refractivity contribution is 5.94. The second-order valence-corrected chi connectivity index (χ2v) is 5.31. The minimum atomic E-state index is -0.408. The highest BCUT2D eigenvalue weighted by Crippen LogP contribution is 2.38. The summed E-state index contributed by atoms with van der Waals surface area (Å²) in [5, 5.41) is 2.62. The van der Waals surface area contributed by atoms with E-state index in [1.807, 2.05) is 6.92 Å². The van der Waals surface area contributed by atoms with Crippen LogP contribution in [0.1, 0.15) is 13.3 Å². The van der Waals surface area contributed by atoms with Crippen molar-refractivity contribution in [3.05, 3.63) is 28.7 Å². The normalized spacial score (nSPS) is 20.2. The second kappa shape index (κ2) is 5.08. The summed E-state index contributed by atoms with van der Waals surface area (Å²) in [5.74, 6) is -0.426. The minimum absolute atomic E-state index is 0.0564. The van der Waals surface area contributed by atoms with Gasteiger partial charge < -0.3 is 20.0 Å². The molecule has 0 radical (unpaired) electrons. The third kappa shape index (κ3) is 2.96. The number of ether oxygens (including phenoxy) is 1. The van der Waals surface area contributed by atoms with Gasteiger partial charge in [0.25, 0.3) is 5.91 Å². The molecule has 2 atom stereocenters. The van der Waals surface area contributed by atoms with Crippen LogP contribution in [-0.4, -0.2) is 28.5 Å². The molecule has 1 amide bonds. The van der Waals surface area contributed by atoms with E-state index < -0.39 is 5.91 Å². The van der Waals surface area contributed by atoms with E-state index in [2.05, 4.69) is 15.3 Å². The van der Waals surface area contributed by atoms with Gasteiger partial charge in [-0.1, -0.05) is 6.92 Å². The van der Waals surface area contributed by atoms with Gasteiger partial charge in [-0.2, -0.15) is 0 Å². The SMILES string of the molecule is C[C@@H]1C[C@@H]1C(=O)OCC(=O)Nc1ccc2[nH]c(=O)[nH]c2c1. The zero-order valence-corrected chi connectivity index (χ0v) is 11.4. The van der Waals surface area contributed by atoms with E-state index in [0.29, 0.717) is 22.6 Å². The molecule has 110 valence electrons. The van der Waals surface area contributed by atoms with Gasteiger partial charge in [-0.25, -0.2) is 4.79 Å². The van der Waals surface area contributed by atoms with Gasteiger partial charge >= 0.3 is 11.7 Å². The molecule has 7 nitrogen and oxygen atoms in total. The maximum Gasteiger partial charge on any atom is 0.323 e. The number of esters is 1. The van der Waals surface area contributed by atoms with Crippen LogP contribution in [0.15, 0.2) is 23.0 Å². The van der Waals surface area contributed by atoms with E-state index in [1.165, 1.54) is 0 Å². The first kappa shape index (κ1) is 13.4. The van der Waals surface area contributed by atoms with Crippen molar-refractivity contribution in [2.75, 3.05) is 11.9 Å². The Morgan fingerprint density at radius 1 is 1.33 bits per heavy atom. The number of benzene rings is 1. The number of aromatic amines is 2. The van der Waals surface area contributed by atoms with Crippen LogP contribution in [0.2, 0.25) is 0 Å². The van der Waals surface area contributed by atoms with Crippen LogP contribution in [0.3, 0.4) is 0 Å². The van der Waals surface area contributed by atoms with Crippen molar-refractivity contribution in [3.63, 3.8) is 0 Å². The van der Waals surface area contributed by atoms with Gasteiger partial charge in [0.1, 0.15) is 0 Å². The number of carbonyl (C=O) groups excluding carboxylic acids is 2. The Kier molecular flexibility index (Phi) is 3.25. The predicted molar refractivity (Wildman–Crippen MR) is 75.8 cm³/mol. The smallest absolute Gasteiger partial charge is 0.323 e. The van der Waals surface area contributed by atoms with Crippen LogP contribution in [-0.2, 0) is 14.3 Å². The number of anilines is 1. The van der Waals surface area contributed by atoms with Gasteiger partial charge in [0.15, 0.2) is 6.61 Å². The predicted octanol–water partition coefficient (Wildman–Crippen LogP) is 0.994. The Balaban J connectivity index is 1.58. The van der Waals surface area contributed by atoms with Crippen molar-refractivity contribution < 1.29 is 14.3 Å². The molecule has 1 aromatic carbocycles. The summed E-state index contributed by atoms with van der Waals surface area (Å²) in [5.41, 5.74) is 1.48. The first-order valence-electron chi connectivity index (χ1n) is 6.71. The van der Waals surface area contributed by atoms with E-state index in [1.54, 1.807) is 18.2 Å². The molecule has 1 saturated carbocycles. The number of amides is 1. The third-order valence-corrected chi connectivity index (χ3v) is 3.56. The molecule has 1 aliphatic carbocycles. The van der Waals surface area contributed by atoms with Crippen LogP contribution >= 0.6 is 0 Å². The standard InChI is InChI=1S/C14H15N3O4/c1-7-4-9(7)13(19)21-6-12(18)15-8-2-3-10-11(5-8)17-14(20)16-10/h2-3,5,7,9H,4,6H2,1H3,(H,15,18)(H2,16,17,20)/t7-,9+/m1/s1. The lowest BCUT2D eigenvalue weighted by Gasteiger charge is -2.06. The number of H-pyrrole nitrogens is 2. The summed E-state index contributed by atoms with van der Waals surface area (Å²) in [6, 6.07) is 4.98. The maximum absolute atomic E-state index is 11.7. The Labute approximate surface area is 119 Å². The summed E-state index contributed by atoms with van der Waals surface area (Å²) in [6.07, 6.45) is 0.831. The Morgan fingerprint density at radius 2 is 2.05 bits per heavy atom. The van der Waals surface area contributed by atoms with Crippen LogP contribution < -0.4 is 11.0 Å². The second-order valence-electron chi connectivity index (χ2n) is 5.31. The highest BCUT2D eigenvalue weighted by Gasteiger charge is 2.40. The number of hydrogen-bond donors (Lipinski definition) is 3. The van der Waals surface area contributed by atoms with Crippen molar-refractivity contribution in [2.45, 2.75) is 13.3 Å². The maximum atomic E-state index is 11.7. The van der Waals surface area contributed by atoms with Gasteiger partial charge in [-0.3, -0.25) is 9.59 Å². The zero-order chi connectivity index (χ0) is 15.0. The van der Waals surface area contributed by atoms with Crippen molar-refractivity contribution in [2.24, 2.45) is 11.8 Å². The van der Waals surface area contributed by atoms with E-state index in [0.717, 1.165) is 6.42 Å². The molecule has 0 spiro atoms. The van der Waals surface area contributed by atoms with E-state index in [-0.39, 0.29) is 24.2 Å². The molecule has 1 fully saturated rings. The number of rotatable bonds is 4. The Hall–Kier alpha value is -2.57. The molecule has 0 aliphatic heterocycles. The molecule has 21 heavy (non-hydrogen) atoms. The van der Waals surface area contributed by atoms with Crippen LogP contribution in [0, 0.1) is 11.8 Å². The monoisotopic (exact) mass is 289 g/mol. The summed E-state index contributed by atoms with van der Waals surface area (Å²) in [4.78, 5) is 39.6. The molecule has 3 N–H and O–H groups in total. The third-order valence-electron chi connectivity index (χ3n) is 3.56. The van der Waals surface area contributed by atoms with Crippen molar-refractivity contribution in [1.82, 2.24) is 9.97 Å². The molecule has 7 heteroatoms. The first-order chi connectivity index (χ1) is 10.0. The number of nitrogens with one attached hydrogen (secondary N) is 3. The molecular formula is C14H15N3O4. The fourth-order valence-corrected chi connectivity index (χ4v) is 2.20. The zero-order valence-electron chi connectivity index (χ0n) is 11.4. The highest BCUT2D eigenvalue weighted by atomic mass is 16.5. The molecule has 3 rings (SSSR count). The van der Waals surface area contributed by atoms with E-state index >= 15 is 0 Å².